The molecule has 0 fully saturated rings. The van der Waals surface area contributed by atoms with Crippen molar-refractivity contribution in [1.29, 1.82) is 0 Å². The van der Waals surface area contributed by atoms with Crippen molar-refractivity contribution in [3.63, 3.8) is 0 Å². The van der Waals surface area contributed by atoms with Crippen molar-refractivity contribution < 1.29 is 19.1 Å². The predicted molar refractivity (Wildman–Crippen MR) is 252 cm³/mol. The minimum Gasteiger partial charge on any atom is -0.489 e. The molecule has 0 aromatic rings. The molecule has 1 rings (SSSR count). The summed E-state index contributed by atoms with van der Waals surface area (Å²) in [6.07, 6.45) is 39.5. The van der Waals surface area contributed by atoms with E-state index in [0.717, 1.165) is 89.9 Å². The van der Waals surface area contributed by atoms with E-state index in [1.165, 1.54) is 77.2 Å². The number of ketones is 2. The summed E-state index contributed by atoms with van der Waals surface area (Å²) in [6.45, 7) is 24.0. The second kappa shape index (κ2) is 30.2. The predicted octanol–water partition coefficient (Wildman–Crippen LogP) is 16.1. The Kier molecular flexibility index (Phi) is 27.1. The Bertz CT molecular complexity index is 1680. The van der Waals surface area contributed by atoms with Gasteiger partial charge in [0.2, 0.25) is 23.1 Å². The van der Waals surface area contributed by atoms with Crippen LogP contribution in [0.5, 0.6) is 0 Å². The molecule has 0 saturated heterocycles. The Morgan fingerprint density at radius 2 is 0.621 bits per heavy atom. The van der Waals surface area contributed by atoms with Crippen LogP contribution in [-0.2, 0) is 19.1 Å². The molecule has 322 valence electrons. The maximum absolute atomic E-state index is 12.9. The Morgan fingerprint density at radius 3 is 0.879 bits per heavy atom. The Morgan fingerprint density at radius 1 is 0.379 bits per heavy atom. The molecular formula is C54H82O4. The molecule has 1 aliphatic rings. The van der Waals surface area contributed by atoms with Crippen LogP contribution in [0.4, 0.5) is 0 Å². The molecule has 58 heavy (non-hydrogen) atoms. The second-order valence-corrected chi connectivity index (χ2v) is 17.0. The quantitative estimate of drug-likeness (QED) is 0.0585. The zero-order valence-corrected chi connectivity index (χ0v) is 39.3. The summed E-state index contributed by atoms with van der Waals surface area (Å²) in [4.78, 5) is 25.5. The SMILES string of the molecule is COC1=C(OC)C(=O)C(C/C=C(\C)CC/C=C(\C)CC/C=C(\C)CC/C=C(\C)CC/C=C(\C)CC/C=C(\C)CC/C=C(\C)CC/C=C(\C)CCC=C(C)C)=C(C)C1=O. The number of allylic oxidation sites excluding steroid dienone is 20. The maximum Gasteiger partial charge on any atom is 0.228 e. The van der Waals surface area contributed by atoms with Gasteiger partial charge in [0, 0.05) is 11.1 Å². The van der Waals surface area contributed by atoms with Gasteiger partial charge in [-0.1, -0.05) is 105 Å². The van der Waals surface area contributed by atoms with Crippen LogP contribution in [0.15, 0.2) is 128 Å². The van der Waals surface area contributed by atoms with Crippen molar-refractivity contribution in [3.05, 3.63) is 128 Å². The summed E-state index contributed by atoms with van der Waals surface area (Å²) >= 11 is 0. The molecule has 0 amide bonds. The molecule has 0 aromatic heterocycles. The molecular weight excluding hydrogens is 713 g/mol. The van der Waals surface area contributed by atoms with Gasteiger partial charge in [-0.25, -0.2) is 0 Å². The molecule has 0 unspecified atom stereocenters. The minimum atomic E-state index is -0.284. The molecule has 0 bridgehead atoms. The van der Waals surface area contributed by atoms with Crippen molar-refractivity contribution >= 4 is 11.6 Å². The molecule has 0 atom stereocenters. The molecule has 1 aliphatic carbocycles. The molecule has 4 nitrogen and oxygen atoms in total. The topological polar surface area (TPSA) is 52.6 Å². The molecule has 0 spiro atoms. The highest BCUT2D eigenvalue weighted by Gasteiger charge is 2.34. The lowest BCUT2D eigenvalue weighted by atomic mass is 9.90. The summed E-state index contributed by atoms with van der Waals surface area (Å²) in [5.74, 6) is -0.571. The van der Waals surface area contributed by atoms with Gasteiger partial charge in [-0.15, -0.1) is 0 Å². The third-order valence-corrected chi connectivity index (χ3v) is 11.1. The van der Waals surface area contributed by atoms with Crippen LogP contribution < -0.4 is 0 Å². The van der Waals surface area contributed by atoms with Crippen molar-refractivity contribution in [2.24, 2.45) is 0 Å². The first-order chi connectivity index (χ1) is 27.6. The van der Waals surface area contributed by atoms with Crippen LogP contribution in [0.25, 0.3) is 0 Å². The normalized spacial score (nSPS) is 15.9. The van der Waals surface area contributed by atoms with Crippen molar-refractivity contribution in [3.8, 4) is 0 Å². The van der Waals surface area contributed by atoms with Crippen molar-refractivity contribution in [2.45, 2.75) is 185 Å². The fourth-order valence-corrected chi connectivity index (χ4v) is 6.94. The monoisotopic (exact) mass is 795 g/mol. The van der Waals surface area contributed by atoms with E-state index < -0.39 is 0 Å². The molecule has 0 aromatic carbocycles. The average Bonchev–Trinajstić information content (AvgIpc) is 3.16. The van der Waals surface area contributed by atoms with Crippen LogP contribution in [0.2, 0.25) is 0 Å². The maximum atomic E-state index is 12.9. The highest BCUT2D eigenvalue weighted by atomic mass is 16.5. The number of carbonyl (C=O) groups is 2. The van der Waals surface area contributed by atoms with Gasteiger partial charge < -0.3 is 9.47 Å². The van der Waals surface area contributed by atoms with Crippen LogP contribution in [-0.4, -0.2) is 25.8 Å². The van der Waals surface area contributed by atoms with Gasteiger partial charge >= 0.3 is 0 Å². The van der Waals surface area contributed by atoms with Gasteiger partial charge in [0.1, 0.15) is 0 Å². The lowest BCUT2D eigenvalue weighted by Crippen LogP contribution is -2.24. The second-order valence-electron chi connectivity index (χ2n) is 17.0. The van der Waals surface area contributed by atoms with E-state index in [4.69, 9.17) is 9.47 Å². The molecule has 0 radical (unpaired) electrons. The molecule has 4 heteroatoms. The summed E-state index contributed by atoms with van der Waals surface area (Å²) < 4.78 is 10.3. The molecule has 0 saturated carbocycles. The summed E-state index contributed by atoms with van der Waals surface area (Å²) in [7, 11) is 2.78. The fraction of sp³-hybridized carbons (Fsp3) is 0.556. The third-order valence-electron chi connectivity index (χ3n) is 11.1. The van der Waals surface area contributed by atoms with E-state index in [9.17, 15) is 9.59 Å². The number of hydrogen-bond acceptors (Lipinski definition) is 4. The number of Topliss-reactive ketones (excluding diaryl/α,β-unsaturated/α-hetero) is 2. The summed E-state index contributed by atoms with van der Waals surface area (Å²) in [5, 5.41) is 0. The van der Waals surface area contributed by atoms with Gasteiger partial charge in [0.25, 0.3) is 0 Å². The fourth-order valence-electron chi connectivity index (χ4n) is 6.94. The van der Waals surface area contributed by atoms with Crippen LogP contribution in [0, 0.1) is 0 Å². The smallest absolute Gasteiger partial charge is 0.228 e. The lowest BCUT2D eigenvalue weighted by Gasteiger charge is -2.19. The van der Waals surface area contributed by atoms with Crippen LogP contribution in [0.3, 0.4) is 0 Å². The van der Waals surface area contributed by atoms with E-state index in [2.05, 4.69) is 124 Å². The zero-order valence-electron chi connectivity index (χ0n) is 39.3. The van der Waals surface area contributed by atoms with E-state index >= 15 is 0 Å². The van der Waals surface area contributed by atoms with Gasteiger partial charge in [0.15, 0.2) is 0 Å². The number of methoxy groups -OCH3 is 2. The number of carbonyl (C=O) groups excluding carboxylic acids is 2. The average molecular weight is 795 g/mol. The Hall–Kier alpha value is -3.92. The summed E-state index contributed by atoms with van der Waals surface area (Å²) in [6, 6.07) is 0. The zero-order chi connectivity index (χ0) is 43.5. The van der Waals surface area contributed by atoms with E-state index in [1.54, 1.807) is 6.92 Å². The lowest BCUT2D eigenvalue weighted by molar-refractivity contribution is -0.121. The standard InChI is InChI=1S/C54H82O4/c1-40(2)22-14-23-41(3)24-15-25-42(4)26-16-27-43(5)28-17-29-44(6)30-18-31-45(7)32-19-33-46(8)34-20-35-47(9)36-21-37-48(10)38-39-50-49(11)51(55)53(57-12)54(58-13)52(50)56/h22,24,26,28,30,32,34,36,38H,14-21,23,25,27,29,31,33,35,37,39H2,1-13H3/b41-24+,42-26+,43-28+,44-30+,45-32+,46-34+,47-36+,48-38+. The number of rotatable bonds is 28. The first kappa shape index (κ1) is 52.1. The first-order valence-corrected chi connectivity index (χ1v) is 22.1. The molecule has 0 aliphatic heterocycles. The Balaban J connectivity index is 2.32. The number of hydrogen-bond donors (Lipinski definition) is 0. The largest absolute Gasteiger partial charge is 0.489 e. The van der Waals surface area contributed by atoms with E-state index in [0.29, 0.717) is 17.6 Å². The summed E-state index contributed by atoms with van der Waals surface area (Å²) in [5.41, 5.74) is 13.9. The van der Waals surface area contributed by atoms with Gasteiger partial charge in [0.05, 0.1) is 14.2 Å². The minimum absolute atomic E-state index is 0.00654. The van der Waals surface area contributed by atoms with Crippen molar-refractivity contribution in [1.82, 2.24) is 0 Å². The van der Waals surface area contributed by atoms with Gasteiger partial charge in [-0.3, -0.25) is 9.59 Å². The Labute approximate surface area is 356 Å². The third kappa shape index (κ3) is 22.9. The highest BCUT2D eigenvalue weighted by Crippen LogP contribution is 2.28. The van der Waals surface area contributed by atoms with Gasteiger partial charge in [-0.2, -0.15) is 0 Å². The number of ether oxygens (including phenoxy) is 2. The molecule has 0 N–H and O–H groups in total. The van der Waals surface area contributed by atoms with Crippen LogP contribution in [0.1, 0.15) is 185 Å². The highest BCUT2D eigenvalue weighted by molar-refractivity contribution is 6.23. The first-order valence-electron chi connectivity index (χ1n) is 22.1. The van der Waals surface area contributed by atoms with E-state index in [-0.39, 0.29) is 23.1 Å². The van der Waals surface area contributed by atoms with Gasteiger partial charge in [-0.05, 0) is 185 Å². The van der Waals surface area contributed by atoms with Crippen LogP contribution >= 0.6 is 0 Å². The van der Waals surface area contributed by atoms with Crippen molar-refractivity contribution in [2.75, 3.05) is 14.2 Å². The van der Waals surface area contributed by atoms with E-state index in [1.807, 2.05) is 0 Å². The molecule has 0 heterocycles.